The van der Waals surface area contributed by atoms with E-state index in [0.717, 1.165) is 12.0 Å². The van der Waals surface area contributed by atoms with Gasteiger partial charge in [-0.2, -0.15) is 0 Å². The zero-order valence-corrected chi connectivity index (χ0v) is 12.1. The highest BCUT2D eigenvalue weighted by Gasteiger charge is 2.32. The lowest BCUT2D eigenvalue weighted by Crippen LogP contribution is -2.49. The summed E-state index contributed by atoms with van der Waals surface area (Å²) < 4.78 is 6.97. The number of hydrazine groups is 1. The Labute approximate surface area is 122 Å². The van der Waals surface area contributed by atoms with Crippen LogP contribution in [0.4, 0.5) is 0 Å². The van der Waals surface area contributed by atoms with Crippen LogP contribution in [0.25, 0.3) is 0 Å². The second-order valence-corrected chi connectivity index (χ2v) is 5.11. The van der Waals surface area contributed by atoms with E-state index in [9.17, 15) is 9.59 Å². The van der Waals surface area contributed by atoms with Crippen LogP contribution in [0.2, 0.25) is 0 Å². The quantitative estimate of drug-likeness (QED) is 0.601. The monoisotopic (exact) mass is 293 g/mol. The van der Waals surface area contributed by atoms with Gasteiger partial charge in [-0.15, -0.1) is 5.10 Å². The molecule has 0 saturated carbocycles. The minimum Gasteiger partial charge on any atom is -0.373 e. The third-order valence-electron chi connectivity index (χ3n) is 3.28. The number of aryl methyl sites for hydroxylation is 1. The second kappa shape index (κ2) is 6.49. The number of carbonyl (C=O) groups excluding carboxylic acids is 2. The highest BCUT2D eigenvalue weighted by Crippen LogP contribution is 2.25. The molecule has 8 nitrogen and oxygen atoms in total. The Morgan fingerprint density at radius 1 is 1.48 bits per heavy atom. The van der Waals surface area contributed by atoms with Gasteiger partial charge in [0.05, 0.1) is 18.2 Å². The van der Waals surface area contributed by atoms with Crippen LogP contribution in [0.1, 0.15) is 30.3 Å². The van der Waals surface area contributed by atoms with Gasteiger partial charge in [-0.3, -0.25) is 25.1 Å². The molecular formula is C13H19N5O3. The van der Waals surface area contributed by atoms with Gasteiger partial charge in [0.1, 0.15) is 0 Å². The fraction of sp³-hybridized carbons (Fsp3) is 0.538. The van der Waals surface area contributed by atoms with Gasteiger partial charge in [0.25, 0.3) is 5.91 Å². The fourth-order valence-electron chi connectivity index (χ4n) is 2.26. The molecule has 2 rings (SSSR count). The lowest BCUT2D eigenvalue weighted by molar-refractivity contribution is -0.133. The van der Waals surface area contributed by atoms with Crippen LogP contribution >= 0.6 is 0 Å². The molecule has 1 fully saturated rings. The van der Waals surface area contributed by atoms with E-state index >= 15 is 0 Å². The van der Waals surface area contributed by atoms with Gasteiger partial charge in [0, 0.05) is 13.7 Å². The van der Waals surface area contributed by atoms with Gasteiger partial charge < -0.3 is 4.74 Å². The topological polar surface area (TPSA) is 98.1 Å². The highest BCUT2D eigenvalue weighted by atomic mass is 16.5. The molecule has 2 amide bonds. The summed E-state index contributed by atoms with van der Waals surface area (Å²) in [6.45, 7) is 6.29. The Morgan fingerprint density at radius 2 is 2.24 bits per heavy atom. The van der Waals surface area contributed by atoms with Crippen LogP contribution in [-0.4, -0.2) is 39.5 Å². The predicted molar refractivity (Wildman–Crippen MR) is 73.9 cm³/mol. The van der Waals surface area contributed by atoms with E-state index in [1.807, 2.05) is 6.92 Å². The summed E-state index contributed by atoms with van der Waals surface area (Å²) in [5.41, 5.74) is 5.67. The van der Waals surface area contributed by atoms with E-state index in [1.54, 1.807) is 7.05 Å². The van der Waals surface area contributed by atoms with Crippen molar-refractivity contribution in [2.24, 2.45) is 13.0 Å². The SMILES string of the molecule is C=C(C)[C@@H]1OCCC[C@H]1C(=O)NNC(=O)c1cn(C)nn1. The van der Waals surface area contributed by atoms with Crippen molar-refractivity contribution in [3.63, 3.8) is 0 Å². The second-order valence-electron chi connectivity index (χ2n) is 5.11. The standard InChI is InChI=1S/C13H19N5O3/c1-8(2)11-9(5-4-6-21-11)12(19)15-16-13(20)10-7-18(3)17-14-10/h7,9,11H,1,4-6H2,2-3H3,(H,15,19)(H,16,20)/t9-,11+/m1/s1. The highest BCUT2D eigenvalue weighted by molar-refractivity contribution is 5.93. The van der Waals surface area contributed by atoms with Crippen molar-refractivity contribution >= 4 is 11.8 Å². The Balaban J connectivity index is 1.91. The first-order valence-electron chi connectivity index (χ1n) is 6.72. The molecule has 0 aromatic carbocycles. The van der Waals surface area contributed by atoms with E-state index in [1.165, 1.54) is 10.9 Å². The van der Waals surface area contributed by atoms with Crippen LogP contribution in [0, 0.1) is 5.92 Å². The average Bonchev–Trinajstić information content (AvgIpc) is 2.91. The molecule has 2 atom stereocenters. The summed E-state index contributed by atoms with van der Waals surface area (Å²) in [6.07, 6.45) is 2.65. The Hall–Kier alpha value is -2.22. The summed E-state index contributed by atoms with van der Waals surface area (Å²) >= 11 is 0. The maximum atomic E-state index is 12.2. The number of carbonyl (C=O) groups is 2. The molecule has 1 aliphatic rings. The zero-order valence-electron chi connectivity index (χ0n) is 12.1. The number of nitrogens with one attached hydrogen (secondary N) is 2. The molecule has 0 spiro atoms. The average molecular weight is 293 g/mol. The third kappa shape index (κ3) is 3.66. The van der Waals surface area contributed by atoms with Gasteiger partial charge >= 0.3 is 0 Å². The minimum atomic E-state index is -0.514. The van der Waals surface area contributed by atoms with Crippen molar-refractivity contribution in [3.8, 4) is 0 Å². The first-order chi connectivity index (χ1) is 9.99. The fourth-order valence-corrected chi connectivity index (χ4v) is 2.26. The number of ether oxygens (including phenoxy) is 1. The van der Waals surface area contributed by atoms with Crippen LogP contribution < -0.4 is 10.9 Å². The van der Waals surface area contributed by atoms with E-state index in [-0.39, 0.29) is 23.6 Å². The molecule has 0 unspecified atom stereocenters. The van der Waals surface area contributed by atoms with E-state index in [4.69, 9.17) is 4.74 Å². The van der Waals surface area contributed by atoms with Crippen LogP contribution in [-0.2, 0) is 16.6 Å². The number of aromatic nitrogens is 3. The smallest absolute Gasteiger partial charge is 0.291 e. The number of amides is 2. The molecule has 1 aliphatic heterocycles. The molecule has 1 saturated heterocycles. The largest absolute Gasteiger partial charge is 0.373 e. The van der Waals surface area contributed by atoms with Crippen LogP contribution in [0.5, 0.6) is 0 Å². The molecule has 114 valence electrons. The summed E-state index contributed by atoms with van der Waals surface area (Å²) in [5, 5.41) is 7.31. The molecule has 2 heterocycles. The lowest BCUT2D eigenvalue weighted by atomic mass is 9.90. The summed E-state index contributed by atoms with van der Waals surface area (Å²) in [4.78, 5) is 23.9. The number of nitrogens with zero attached hydrogens (tertiary/aromatic N) is 3. The van der Waals surface area contributed by atoms with Gasteiger partial charge in [-0.1, -0.05) is 17.4 Å². The van der Waals surface area contributed by atoms with Crippen molar-refractivity contribution in [1.82, 2.24) is 25.8 Å². The molecule has 1 aromatic rings. The lowest BCUT2D eigenvalue weighted by Gasteiger charge is -2.31. The normalized spacial score (nSPS) is 21.6. The maximum Gasteiger partial charge on any atom is 0.291 e. The molecule has 21 heavy (non-hydrogen) atoms. The number of hydrogen-bond acceptors (Lipinski definition) is 5. The molecular weight excluding hydrogens is 274 g/mol. The molecule has 1 aromatic heterocycles. The summed E-state index contributed by atoms with van der Waals surface area (Å²) in [5.74, 6) is -1.15. The summed E-state index contributed by atoms with van der Waals surface area (Å²) in [6, 6.07) is 0. The molecule has 2 N–H and O–H groups in total. The first-order valence-corrected chi connectivity index (χ1v) is 6.72. The predicted octanol–water partition coefficient (Wildman–Crippen LogP) is -0.0526. The van der Waals surface area contributed by atoms with Crippen molar-refractivity contribution in [2.45, 2.75) is 25.9 Å². The van der Waals surface area contributed by atoms with Crippen LogP contribution in [0.15, 0.2) is 18.3 Å². The van der Waals surface area contributed by atoms with E-state index < -0.39 is 5.91 Å². The van der Waals surface area contributed by atoms with Crippen molar-refractivity contribution < 1.29 is 14.3 Å². The Kier molecular flexibility index (Phi) is 4.69. The minimum absolute atomic E-state index is 0.133. The van der Waals surface area contributed by atoms with Gasteiger partial charge in [-0.05, 0) is 19.8 Å². The maximum absolute atomic E-state index is 12.2. The van der Waals surface area contributed by atoms with Crippen molar-refractivity contribution in [1.29, 1.82) is 0 Å². The third-order valence-corrected chi connectivity index (χ3v) is 3.28. The van der Waals surface area contributed by atoms with Crippen molar-refractivity contribution in [2.75, 3.05) is 6.61 Å². The summed E-state index contributed by atoms with van der Waals surface area (Å²) in [7, 11) is 1.65. The van der Waals surface area contributed by atoms with Gasteiger partial charge in [0.2, 0.25) is 5.91 Å². The zero-order chi connectivity index (χ0) is 15.4. The Bertz CT molecular complexity index is 554. The van der Waals surface area contributed by atoms with Gasteiger partial charge in [0.15, 0.2) is 5.69 Å². The first kappa shape index (κ1) is 15.2. The van der Waals surface area contributed by atoms with Crippen LogP contribution in [0.3, 0.4) is 0 Å². The van der Waals surface area contributed by atoms with Gasteiger partial charge in [-0.25, -0.2) is 0 Å². The van der Waals surface area contributed by atoms with Crippen molar-refractivity contribution in [3.05, 3.63) is 24.0 Å². The number of rotatable bonds is 3. The van der Waals surface area contributed by atoms with E-state index in [0.29, 0.717) is 13.0 Å². The number of hydrogen-bond donors (Lipinski definition) is 2. The molecule has 8 heteroatoms. The molecule has 0 radical (unpaired) electrons. The Morgan fingerprint density at radius 3 is 2.86 bits per heavy atom. The molecule has 0 bridgehead atoms. The van der Waals surface area contributed by atoms with E-state index in [2.05, 4.69) is 27.7 Å². The molecule has 0 aliphatic carbocycles.